The summed E-state index contributed by atoms with van der Waals surface area (Å²) < 4.78 is 77.8. The zero-order valence-corrected chi connectivity index (χ0v) is 20.8. The summed E-state index contributed by atoms with van der Waals surface area (Å²) in [5.41, 5.74) is 0.706. The molecule has 0 atom stereocenters. The number of primary sulfonamides is 1. The molecule has 0 unspecified atom stereocenters. The van der Waals surface area contributed by atoms with Crippen LogP contribution in [-0.2, 0) is 16.6 Å². The molecule has 0 radical (unpaired) electrons. The first-order valence-corrected chi connectivity index (χ1v) is 13.1. The van der Waals surface area contributed by atoms with Gasteiger partial charge in [-0.3, -0.25) is 0 Å². The van der Waals surface area contributed by atoms with E-state index in [-0.39, 0.29) is 41.6 Å². The summed E-state index contributed by atoms with van der Waals surface area (Å²) in [6.45, 7) is 1.88. The molecular formula is C25H22F4N6O2S. The number of hydrogen-bond donors (Lipinski definition) is 3. The number of halogens is 4. The van der Waals surface area contributed by atoms with Crippen LogP contribution in [0.25, 0.3) is 22.3 Å². The second kappa shape index (κ2) is 9.17. The van der Waals surface area contributed by atoms with Crippen molar-refractivity contribution in [3.8, 4) is 11.3 Å². The van der Waals surface area contributed by atoms with Crippen molar-refractivity contribution in [2.24, 2.45) is 5.14 Å². The first-order chi connectivity index (χ1) is 17.8. The lowest BCUT2D eigenvalue weighted by Crippen LogP contribution is -2.39. The molecule has 0 amide bonds. The van der Waals surface area contributed by atoms with Crippen LogP contribution in [0.5, 0.6) is 0 Å². The van der Waals surface area contributed by atoms with Crippen molar-refractivity contribution in [3.05, 3.63) is 71.5 Å². The van der Waals surface area contributed by atoms with E-state index in [1.54, 1.807) is 25.1 Å². The van der Waals surface area contributed by atoms with Gasteiger partial charge in [0.25, 0.3) is 0 Å². The first-order valence-electron chi connectivity index (χ1n) is 11.5. The summed E-state index contributed by atoms with van der Waals surface area (Å²) in [5.74, 6) is -0.451. The van der Waals surface area contributed by atoms with Crippen molar-refractivity contribution in [3.63, 3.8) is 0 Å². The number of sulfonamides is 1. The third-order valence-electron chi connectivity index (χ3n) is 6.41. The largest absolute Gasteiger partial charge is 0.411 e. The van der Waals surface area contributed by atoms with E-state index in [1.807, 2.05) is 0 Å². The van der Waals surface area contributed by atoms with Crippen molar-refractivity contribution >= 4 is 32.8 Å². The highest BCUT2D eigenvalue weighted by Crippen LogP contribution is 2.51. The summed E-state index contributed by atoms with van der Waals surface area (Å²) in [4.78, 5) is 13.2. The molecule has 1 aliphatic rings. The molecular weight excluding hydrogens is 524 g/mol. The zero-order valence-electron chi connectivity index (χ0n) is 20.0. The van der Waals surface area contributed by atoms with Gasteiger partial charge in [0.05, 0.1) is 16.1 Å². The summed E-state index contributed by atoms with van der Waals surface area (Å²) in [6, 6.07) is 13.2. The fourth-order valence-corrected chi connectivity index (χ4v) is 4.61. The van der Waals surface area contributed by atoms with E-state index in [2.05, 4.69) is 25.6 Å². The van der Waals surface area contributed by atoms with E-state index in [0.29, 0.717) is 27.9 Å². The molecule has 8 nitrogen and oxygen atoms in total. The van der Waals surface area contributed by atoms with Crippen molar-refractivity contribution < 1.29 is 26.0 Å². The number of aryl methyl sites for hydroxylation is 1. The molecule has 4 aromatic rings. The number of nitrogens with two attached hydrogens (primary N) is 1. The number of fused-ring (bicyclic) bond motifs is 1. The summed E-state index contributed by atoms with van der Waals surface area (Å²) in [6.07, 6.45) is -4.69. The number of rotatable bonds is 7. The molecule has 38 heavy (non-hydrogen) atoms. The third kappa shape index (κ3) is 5.11. The number of nitrogens with one attached hydrogen (secondary N) is 2. The maximum atomic E-state index is 13.8. The Morgan fingerprint density at radius 2 is 1.71 bits per heavy atom. The molecule has 2 heterocycles. The van der Waals surface area contributed by atoms with Crippen LogP contribution in [0.3, 0.4) is 0 Å². The highest BCUT2D eigenvalue weighted by molar-refractivity contribution is 7.89. The lowest BCUT2D eigenvalue weighted by molar-refractivity contribution is -0.151. The van der Waals surface area contributed by atoms with Gasteiger partial charge in [-0.05, 0) is 79.4 Å². The van der Waals surface area contributed by atoms with E-state index in [0.717, 1.165) is 0 Å². The van der Waals surface area contributed by atoms with Crippen molar-refractivity contribution in [2.75, 3.05) is 10.6 Å². The van der Waals surface area contributed by atoms with Gasteiger partial charge in [0.2, 0.25) is 16.0 Å². The number of benzene rings is 2. The van der Waals surface area contributed by atoms with E-state index >= 15 is 0 Å². The monoisotopic (exact) mass is 546 g/mol. The predicted octanol–water partition coefficient (Wildman–Crippen LogP) is 4.91. The van der Waals surface area contributed by atoms with Crippen LogP contribution in [0.15, 0.2) is 59.5 Å². The minimum absolute atomic E-state index is 0.0305. The lowest BCUT2D eigenvalue weighted by atomic mass is 10.1. The second-order valence-electron chi connectivity index (χ2n) is 9.16. The minimum atomic E-state index is -4.49. The molecule has 5 rings (SSSR count). The maximum Gasteiger partial charge on any atom is 0.411 e. The van der Waals surface area contributed by atoms with Gasteiger partial charge in [-0.2, -0.15) is 18.2 Å². The Kier molecular flexibility index (Phi) is 6.22. The van der Waals surface area contributed by atoms with Crippen LogP contribution in [-0.4, -0.2) is 35.1 Å². The number of aromatic nitrogens is 3. The van der Waals surface area contributed by atoms with Gasteiger partial charge >= 0.3 is 6.18 Å². The molecule has 4 N–H and O–H groups in total. The smallest absolute Gasteiger partial charge is 0.354 e. The predicted molar refractivity (Wildman–Crippen MR) is 134 cm³/mol. The number of pyridine rings is 1. The Morgan fingerprint density at radius 1 is 1.00 bits per heavy atom. The third-order valence-corrected chi connectivity index (χ3v) is 7.32. The average molecular weight is 547 g/mol. The Labute approximate surface area is 215 Å². The van der Waals surface area contributed by atoms with Gasteiger partial charge in [0.15, 0.2) is 5.82 Å². The van der Waals surface area contributed by atoms with E-state index in [9.17, 15) is 26.0 Å². The SMILES string of the molecule is Cc1cc(S(N)(=O)=O)ccc1CNc1nc(NC2(C(F)(F)F)CC2)c2nc(-c3ccc(F)cc3)ccc2n1. The van der Waals surface area contributed by atoms with Gasteiger partial charge in [0.1, 0.15) is 16.9 Å². The summed E-state index contributed by atoms with van der Waals surface area (Å²) in [5, 5.41) is 10.7. The molecule has 13 heteroatoms. The van der Waals surface area contributed by atoms with Crippen LogP contribution >= 0.6 is 0 Å². The molecule has 0 saturated heterocycles. The van der Waals surface area contributed by atoms with Gasteiger partial charge in [-0.25, -0.2) is 27.9 Å². The van der Waals surface area contributed by atoms with Crippen LogP contribution < -0.4 is 15.8 Å². The molecule has 0 bridgehead atoms. The molecule has 0 aliphatic heterocycles. The molecule has 2 aromatic carbocycles. The van der Waals surface area contributed by atoms with Crippen molar-refractivity contribution in [1.29, 1.82) is 0 Å². The van der Waals surface area contributed by atoms with Gasteiger partial charge in [-0.15, -0.1) is 0 Å². The van der Waals surface area contributed by atoms with E-state index in [1.165, 1.54) is 36.4 Å². The number of nitrogens with zero attached hydrogens (tertiary/aromatic N) is 3. The number of anilines is 2. The minimum Gasteiger partial charge on any atom is -0.354 e. The molecule has 1 aliphatic carbocycles. The zero-order chi connectivity index (χ0) is 27.3. The molecule has 1 fully saturated rings. The molecule has 198 valence electrons. The molecule has 0 spiro atoms. The Hall–Kier alpha value is -3.84. The van der Waals surface area contributed by atoms with Gasteiger partial charge in [0, 0.05) is 12.1 Å². The summed E-state index contributed by atoms with van der Waals surface area (Å²) >= 11 is 0. The molecule has 2 aromatic heterocycles. The Morgan fingerprint density at radius 3 is 2.32 bits per heavy atom. The normalized spacial score (nSPS) is 14.9. The van der Waals surface area contributed by atoms with Crippen molar-refractivity contribution in [1.82, 2.24) is 15.0 Å². The highest BCUT2D eigenvalue weighted by atomic mass is 32.2. The van der Waals surface area contributed by atoms with E-state index < -0.39 is 27.6 Å². The Bertz CT molecular complexity index is 1640. The van der Waals surface area contributed by atoms with Gasteiger partial charge in [-0.1, -0.05) is 6.07 Å². The van der Waals surface area contributed by atoms with E-state index in [4.69, 9.17) is 5.14 Å². The second-order valence-corrected chi connectivity index (χ2v) is 10.7. The molecule has 1 saturated carbocycles. The maximum absolute atomic E-state index is 13.8. The number of alkyl halides is 3. The van der Waals surface area contributed by atoms with Gasteiger partial charge < -0.3 is 10.6 Å². The van der Waals surface area contributed by atoms with Crippen molar-refractivity contribution in [2.45, 2.75) is 42.9 Å². The fourth-order valence-electron chi connectivity index (χ4n) is 4.01. The standard InChI is InChI=1S/C25H22F4N6O2S/c1-14-12-18(38(30,36)37)7-4-16(14)13-31-23-33-20-9-8-19(15-2-5-17(26)6-3-15)32-21(20)22(34-23)35-24(10-11-24)25(27,28)29/h2-9,12H,10-11,13H2,1H3,(H2,30,36,37)(H2,31,33,34,35). The van der Waals surface area contributed by atoms with Crippen LogP contribution in [0.1, 0.15) is 24.0 Å². The topological polar surface area (TPSA) is 123 Å². The summed E-state index contributed by atoms with van der Waals surface area (Å²) in [7, 11) is -3.86. The van der Waals surface area contributed by atoms with Crippen LogP contribution in [0.4, 0.5) is 29.3 Å². The number of hydrogen-bond acceptors (Lipinski definition) is 7. The highest BCUT2D eigenvalue weighted by Gasteiger charge is 2.64. The average Bonchev–Trinajstić information content (AvgIpc) is 3.64. The van der Waals surface area contributed by atoms with Crippen LogP contribution in [0.2, 0.25) is 0 Å². The quantitative estimate of drug-likeness (QED) is 0.282. The lowest BCUT2D eigenvalue weighted by Gasteiger charge is -2.22. The fraction of sp³-hybridized carbons (Fsp3) is 0.240. The first kappa shape index (κ1) is 25.8. The van der Waals surface area contributed by atoms with Crippen LogP contribution in [0, 0.1) is 12.7 Å². The Balaban J connectivity index is 1.51.